The summed E-state index contributed by atoms with van der Waals surface area (Å²) in [6.45, 7) is 1.76. The van der Waals surface area contributed by atoms with Gasteiger partial charge in [-0.15, -0.1) is 0 Å². The van der Waals surface area contributed by atoms with Gasteiger partial charge in [-0.05, 0) is 24.6 Å². The first-order valence-electron chi connectivity index (χ1n) is 6.36. The average molecular weight is 328 g/mol. The highest BCUT2D eigenvalue weighted by molar-refractivity contribution is 6.29. The number of rotatable bonds is 3. The third kappa shape index (κ3) is 3.98. The van der Waals surface area contributed by atoms with E-state index in [9.17, 15) is 13.2 Å². The quantitative estimate of drug-likeness (QED) is 0.468. The first kappa shape index (κ1) is 16.3. The molecule has 7 heteroatoms. The summed E-state index contributed by atoms with van der Waals surface area (Å²) < 4.78 is 38.4. The molecule has 0 saturated heterocycles. The number of hydrogen-bond donors (Lipinski definition) is 0. The fourth-order valence-electron chi connectivity index (χ4n) is 1.83. The van der Waals surface area contributed by atoms with Crippen molar-refractivity contribution in [2.45, 2.75) is 13.1 Å². The minimum absolute atomic E-state index is 0.0232. The Morgan fingerprint density at radius 1 is 1.18 bits per heavy atom. The molecule has 0 unspecified atom stereocenters. The molecule has 0 amide bonds. The smallest absolute Gasteiger partial charge is 0.251 e. The molecule has 0 aliphatic heterocycles. The normalized spacial score (nSPS) is 12.4. The summed E-state index contributed by atoms with van der Waals surface area (Å²) in [6.07, 6.45) is -4.49. The van der Waals surface area contributed by atoms with Crippen LogP contribution in [-0.2, 0) is 6.18 Å². The van der Waals surface area contributed by atoms with E-state index in [1.165, 1.54) is 12.1 Å². The van der Waals surface area contributed by atoms with Gasteiger partial charge in [0.15, 0.2) is 5.82 Å². The highest BCUT2D eigenvalue weighted by atomic mass is 35.5. The molecule has 0 radical (unpaired) electrons. The molecule has 1 heterocycles. The molecule has 0 aliphatic carbocycles. The minimum atomic E-state index is -4.49. The SMILES string of the molecule is C/C(=N/N(C)c1cc(C(F)(F)F)cc(Cl)n1)c1ccccc1. The van der Waals surface area contributed by atoms with E-state index in [-0.39, 0.29) is 11.0 Å². The van der Waals surface area contributed by atoms with Crippen molar-refractivity contribution in [2.24, 2.45) is 5.10 Å². The molecular formula is C15H13ClF3N3. The van der Waals surface area contributed by atoms with Crippen molar-refractivity contribution in [3.05, 3.63) is 58.7 Å². The Hall–Kier alpha value is -2.08. The molecule has 0 N–H and O–H groups in total. The molecule has 0 atom stereocenters. The van der Waals surface area contributed by atoms with Crippen molar-refractivity contribution in [2.75, 3.05) is 12.1 Å². The first-order chi connectivity index (χ1) is 10.3. The van der Waals surface area contributed by atoms with Crippen LogP contribution in [-0.4, -0.2) is 17.7 Å². The van der Waals surface area contributed by atoms with Crippen LogP contribution in [0, 0.1) is 0 Å². The second kappa shape index (κ2) is 6.36. The minimum Gasteiger partial charge on any atom is -0.251 e. The predicted octanol–water partition coefficient (Wildman–Crippen LogP) is 4.61. The number of hydrazone groups is 1. The lowest BCUT2D eigenvalue weighted by Gasteiger charge is -2.16. The molecular weight excluding hydrogens is 315 g/mol. The number of nitrogens with zero attached hydrogens (tertiary/aromatic N) is 3. The van der Waals surface area contributed by atoms with Crippen LogP contribution >= 0.6 is 11.6 Å². The van der Waals surface area contributed by atoms with E-state index in [2.05, 4.69) is 10.1 Å². The van der Waals surface area contributed by atoms with E-state index in [0.717, 1.165) is 17.7 Å². The topological polar surface area (TPSA) is 28.5 Å². The molecule has 3 nitrogen and oxygen atoms in total. The second-order valence-corrected chi connectivity index (χ2v) is 5.00. The van der Waals surface area contributed by atoms with Crippen molar-refractivity contribution in [3.8, 4) is 0 Å². The van der Waals surface area contributed by atoms with Crippen LogP contribution < -0.4 is 5.01 Å². The van der Waals surface area contributed by atoms with E-state index < -0.39 is 11.7 Å². The zero-order valence-corrected chi connectivity index (χ0v) is 12.7. The Labute approximate surface area is 131 Å². The summed E-state index contributed by atoms with van der Waals surface area (Å²) in [4.78, 5) is 3.88. The van der Waals surface area contributed by atoms with Gasteiger partial charge in [-0.3, -0.25) is 5.01 Å². The largest absolute Gasteiger partial charge is 0.416 e. The van der Waals surface area contributed by atoms with Crippen LogP contribution in [0.25, 0.3) is 0 Å². The van der Waals surface area contributed by atoms with Gasteiger partial charge in [0.05, 0.1) is 11.3 Å². The Bertz CT molecular complexity index is 684. The van der Waals surface area contributed by atoms with Gasteiger partial charge < -0.3 is 0 Å². The monoisotopic (exact) mass is 327 g/mol. The zero-order valence-electron chi connectivity index (χ0n) is 11.9. The predicted molar refractivity (Wildman–Crippen MR) is 81.3 cm³/mol. The highest BCUT2D eigenvalue weighted by Gasteiger charge is 2.31. The van der Waals surface area contributed by atoms with Crippen molar-refractivity contribution < 1.29 is 13.2 Å². The highest BCUT2D eigenvalue weighted by Crippen LogP contribution is 2.32. The summed E-state index contributed by atoms with van der Waals surface area (Å²) in [6, 6.07) is 11.0. The summed E-state index contributed by atoms with van der Waals surface area (Å²) in [5.74, 6) is 0.0232. The lowest BCUT2D eigenvalue weighted by Crippen LogP contribution is -2.15. The van der Waals surface area contributed by atoms with Crippen molar-refractivity contribution in [1.29, 1.82) is 0 Å². The molecule has 0 aliphatic rings. The first-order valence-corrected chi connectivity index (χ1v) is 6.74. The number of halogens is 4. The number of anilines is 1. The van der Waals surface area contributed by atoms with Gasteiger partial charge >= 0.3 is 6.18 Å². The van der Waals surface area contributed by atoms with Crippen molar-refractivity contribution >= 4 is 23.1 Å². The van der Waals surface area contributed by atoms with Crippen LogP contribution in [0.2, 0.25) is 5.15 Å². The lowest BCUT2D eigenvalue weighted by atomic mass is 10.1. The number of alkyl halides is 3. The number of pyridine rings is 1. The molecule has 2 aromatic rings. The van der Waals surface area contributed by atoms with Crippen LogP contribution in [0.1, 0.15) is 18.1 Å². The maximum Gasteiger partial charge on any atom is 0.416 e. The fourth-order valence-corrected chi connectivity index (χ4v) is 2.03. The van der Waals surface area contributed by atoms with Crippen molar-refractivity contribution in [3.63, 3.8) is 0 Å². The van der Waals surface area contributed by atoms with E-state index in [0.29, 0.717) is 5.71 Å². The van der Waals surface area contributed by atoms with Crippen molar-refractivity contribution in [1.82, 2.24) is 4.98 Å². The van der Waals surface area contributed by atoms with Gasteiger partial charge in [0.2, 0.25) is 0 Å². The molecule has 0 spiro atoms. The third-order valence-electron chi connectivity index (χ3n) is 2.93. The van der Waals surface area contributed by atoms with E-state index in [1.54, 1.807) is 6.92 Å². The summed E-state index contributed by atoms with van der Waals surface area (Å²) >= 11 is 5.67. The van der Waals surface area contributed by atoms with E-state index in [1.807, 2.05) is 30.3 Å². The summed E-state index contributed by atoms with van der Waals surface area (Å²) in [7, 11) is 1.52. The Balaban J connectivity index is 2.34. The number of hydrogen-bond acceptors (Lipinski definition) is 3. The number of benzene rings is 1. The van der Waals surface area contributed by atoms with Gasteiger partial charge in [0, 0.05) is 7.05 Å². The van der Waals surface area contributed by atoms with Gasteiger partial charge in [0.25, 0.3) is 0 Å². The Morgan fingerprint density at radius 3 is 2.41 bits per heavy atom. The Morgan fingerprint density at radius 2 is 1.82 bits per heavy atom. The molecule has 0 saturated carbocycles. The maximum absolute atomic E-state index is 12.8. The summed E-state index contributed by atoms with van der Waals surface area (Å²) in [5.41, 5.74) is 0.660. The van der Waals surface area contributed by atoms with Crippen LogP contribution in [0.3, 0.4) is 0 Å². The van der Waals surface area contributed by atoms with Gasteiger partial charge in [0.1, 0.15) is 5.15 Å². The zero-order chi connectivity index (χ0) is 16.3. The standard InChI is InChI=1S/C15H13ClF3N3/c1-10(11-6-4-3-5-7-11)21-22(2)14-9-12(15(17,18)19)8-13(16)20-14/h3-9H,1-2H3/b21-10-. The molecule has 1 aromatic heterocycles. The lowest BCUT2D eigenvalue weighted by molar-refractivity contribution is -0.137. The summed E-state index contributed by atoms with van der Waals surface area (Å²) in [5, 5.41) is 5.28. The van der Waals surface area contributed by atoms with Crippen LogP contribution in [0.5, 0.6) is 0 Å². The molecule has 116 valence electrons. The third-order valence-corrected chi connectivity index (χ3v) is 3.12. The Kier molecular flexibility index (Phi) is 4.71. The van der Waals surface area contributed by atoms with E-state index >= 15 is 0 Å². The maximum atomic E-state index is 12.8. The number of aromatic nitrogens is 1. The fraction of sp³-hybridized carbons (Fsp3) is 0.200. The molecule has 1 aromatic carbocycles. The van der Waals surface area contributed by atoms with Gasteiger partial charge in [-0.25, -0.2) is 4.98 Å². The molecule has 0 fully saturated rings. The second-order valence-electron chi connectivity index (χ2n) is 4.61. The molecule has 0 bridgehead atoms. The van der Waals surface area contributed by atoms with Gasteiger partial charge in [-0.2, -0.15) is 18.3 Å². The molecule has 22 heavy (non-hydrogen) atoms. The van der Waals surface area contributed by atoms with E-state index in [4.69, 9.17) is 11.6 Å². The van der Waals surface area contributed by atoms with Crippen LogP contribution in [0.4, 0.5) is 19.0 Å². The van der Waals surface area contributed by atoms with Gasteiger partial charge in [-0.1, -0.05) is 41.9 Å². The van der Waals surface area contributed by atoms with Crippen LogP contribution in [0.15, 0.2) is 47.6 Å². The molecule has 2 rings (SSSR count). The average Bonchev–Trinajstić information content (AvgIpc) is 2.46.